The molecule has 0 amide bonds. The van der Waals surface area contributed by atoms with Gasteiger partial charge in [0.25, 0.3) is 5.56 Å². The van der Waals surface area contributed by atoms with E-state index < -0.39 is 0 Å². The summed E-state index contributed by atoms with van der Waals surface area (Å²) in [5.41, 5.74) is 0.106. The summed E-state index contributed by atoms with van der Waals surface area (Å²) in [6.07, 6.45) is 3.13. The number of hydrogen-bond acceptors (Lipinski definition) is 6. The summed E-state index contributed by atoms with van der Waals surface area (Å²) in [7, 11) is 3.40. The first-order valence-electron chi connectivity index (χ1n) is 6.39. The van der Waals surface area contributed by atoms with Gasteiger partial charge in [-0.15, -0.1) is 10.2 Å². The molecule has 0 fully saturated rings. The van der Waals surface area contributed by atoms with E-state index in [2.05, 4.69) is 20.6 Å². The highest BCUT2D eigenvalue weighted by atomic mass is 35.5. The molecular weight excluding hydrogens is 296 g/mol. The van der Waals surface area contributed by atoms with Gasteiger partial charge in [-0.05, 0) is 6.92 Å². The van der Waals surface area contributed by atoms with Gasteiger partial charge in [0, 0.05) is 14.2 Å². The van der Waals surface area contributed by atoms with Gasteiger partial charge in [-0.25, -0.2) is 4.68 Å². The molecule has 0 spiro atoms. The predicted molar refractivity (Wildman–Crippen MR) is 78.4 cm³/mol. The van der Waals surface area contributed by atoms with Gasteiger partial charge in [-0.3, -0.25) is 4.79 Å². The van der Waals surface area contributed by atoms with Crippen molar-refractivity contribution in [2.45, 2.75) is 19.5 Å². The molecule has 114 valence electrons. The van der Waals surface area contributed by atoms with E-state index >= 15 is 0 Å². The summed E-state index contributed by atoms with van der Waals surface area (Å²) >= 11 is 6.10. The Morgan fingerprint density at radius 2 is 2.29 bits per heavy atom. The maximum Gasteiger partial charge on any atom is 0.287 e. The van der Waals surface area contributed by atoms with Gasteiger partial charge in [0.15, 0.2) is 5.82 Å². The quantitative estimate of drug-likeness (QED) is 0.850. The highest BCUT2D eigenvalue weighted by Gasteiger charge is 2.15. The Labute approximate surface area is 126 Å². The third kappa shape index (κ3) is 3.40. The number of aromatic nitrogens is 5. The molecule has 0 aromatic carbocycles. The molecule has 0 saturated heterocycles. The second-order valence-electron chi connectivity index (χ2n) is 4.56. The third-order valence-electron chi connectivity index (χ3n) is 3.00. The molecule has 8 nitrogen and oxygen atoms in total. The SMILES string of the molecule is COCCn1ncc(NC(C)c2nncn2C)c(Cl)c1=O. The molecule has 0 radical (unpaired) electrons. The summed E-state index contributed by atoms with van der Waals surface area (Å²) in [4.78, 5) is 12.1. The number of nitrogens with zero attached hydrogens (tertiary/aromatic N) is 5. The average Bonchev–Trinajstić information content (AvgIpc) is 2.89. The van der Waals surface area contributed by atoms with Gasteiger partial charge < -0.3 is 14.6 Å². The lowest BCUT2D eigenvalue weighted by Gasteiger charge is -2.15. The van der Waals surface area contributed by atoms with Crippen LogP contribution in [-0.4, -0.2) is 38.3 Å². The second kappa shape index (κ2) is 6.68. The first kappa shape index (κ1) is 15.5. The van der Waals surface area contributed by atoms with Crippen molar-refractivity contribution in [1.82, 2.24) is 24.5 Å². The van der Waals surface area contributed by atoms with E-state index in [0.717, 1.165) is 5.82 Å². The molecule has 0 bridgehead atoms. The Balaban J connectivity index is 2.20. The molecule has 21 heavy (non-hydrogen) atoms. The number of anilines is 1. The lowest BCUT2D eigenvalue weighted by molar-refractivity contribution is 0.182. The molecular formula is C12H17ClN6O2. The van der Waals surface area contributed by atoms with Gasteiger partial charge in [-0.1, -0.05) is 11.6 Å². The van der Waals surface area contributed by atoms with Crippen LogP contribution >= 0.6 is 11.6 Å². The number of methoxy groups -OCH3 is 1. The smallest absolute Gasteiger partial charge is 0.287 e. The van der Waals surface area contributed by atoms with Crippen LogP contribution in [0.15, 0.2) is 17.3 Å². The van der Waals surface area contributed by atoms with E-state index in [1.165, 1.54) is 10.9 Å². The van der Waals surface area contributed by atoms with E-state index in [1.807, 2.05) is 14.0 Å². The average molecular weight is 313 g/mol. The van der Waals surface area contributed by atoms with E-state index in [-0.39, 0.29) is 16.6 Å². The molecule has 0 saturated carbocycles. The Bertz CT molecular complexity index is 668. The molecule has 9 heteroatoms. The van der Waals surface area contributed by atoms with Crippen molar-refractivity contribution >= 4 is 17.3 Å². The molecule has 1 unspecified atom stereocenters. The van der Waals surface area contributed by atoms with E-state index in [0.29, 0.717) is 18.8 Å². The number of nitrogens with one attached hydrogen (secondary N) is 1. The molecule has 2 rings (SSSR count). The first-order chi connectivity index (χ1) is 10.0. The Morgan fingerprint density at radius 1 is 1.52 bits per heavy atom. The molecule has 0 aliphatic heterocycles. The van der Waals surface area contributed by atoms with Gasteiger partial charge in [-0.2, -0.15) is 5.10 Å². The fourth-order valence-corrected chi connectivity index (χ4v) is 2.09. The van der Waals surface area contributed by atoms with Crippen LogP contribution in [0.2, 0.25) is 5.02 Å². The Hall–Kier alpha value is -1.93. The number of rotatable bonds is 6. The van der Waals surface area contributed by atoms with Crippen molar-refractivity contribution in [2.75, 3.05) is 19.0 Å². The van der Waals surface area contributed by atoms with Gasteiger partial charge in [0.05, 0.1) is 31.1 Å². The fraction of sp³-hybridized carbons (Fsp3) is 0.500. The monoisotopic (exact) mass is 312 g/mol. The first-order valence-corrected chi connectivity index (χ1v) is 6.77. The molecule has 0 aliphatic carbocycles. The lowest BCUT2D eigenvalue weighted by atomic mass is 10.3. The van der Waals surface area contributed by atoms with Crippen molar-refractivity contribution < 1.29 is 4.74 Å². The Kier molecular flexibility index (Phi) is 4.92. The molecule has 2 heterocycles. The van der Waals surface area contributed by atoms with Crippen molar-refractivity contribution in [2.24, 2.45) is 7.05 Å². The number of ether oxygens (including phenoxy) is 1. The van der Waals surface area contributed by atoms with Crippen LogP contribution in [0, 0.1) is 0 Å². The van der Waals surface area contributed by atoms with Crippen LogP contribution in [0.1, 0.15) is 18.8 Å². The van der Waals surface area contributed by atoms with E-state index in [9.17, 15) is 4.79 Å². The number of aryl methyl sites for hydroxylation is 1. The minimum Gasteiger partial charge on any atom is -0.383 e. The Morgan fingerprint density at radius 3 is 2.90 bits per heavy atom. The van der Waals surface area contributed by atoms with Gasteiger partial charge in [0.2, 0.25) is 0 Å². The third-order valence-corrected chi connectivity index (χ3v) is 3.36. The number of halogens is 1. The molecule has 2 aromatic heterocycles. The van der Waals surface area contributed by atoms with Crippen molar-refractivity contribution in [3.05, 3.63) is 33.7 Å². The van der Waals surface area contributed by atoms with Crippen LogP contribution in [-0.2, 0) is 18.3 Å². The van der Waals surface area contributed by atoms with Crippen molar-refractivity contribution in [3.63, 3.8) is 0 Å². The lowest BCUT2D eigenvalue weighted by Crippen LogP contribution is -2.26. The topological polar surface area (TPSA) is 86.9 Å². The zero-order valence-electron chi connectivity index (χ0n) is 12.1. The van der Waals surface area contributed by atoms with E-state index in [4.69, 9.17) is 16.3 Å². The maximum absolute atomic E-state index is 12.1. The summed E-state index contributed by atoms with van der Waals surface area (Å²) in [6.45, 7) is 2.65. The normalized spacial score (nSPS) is 12.4. The molecule has 1 N–H and O–H groups in total. The van der Waals surface area contributed by atoms with Crippen LogP contribution in [0.5, 0.6) is 0 Å². The summed E-state index contributed by atoms with van der Waals surface area (Å²) in [6, 6.07) is -0.161. The second-order valence-corrected chi connectivity index (χ2v) is 4.94. The highest BCUT2D eigenvalue weighted by molar-refractivity contribution is 6.32. The maximum atomic E-state index is 12.1. The highest BCUT2D eigenvalue weighted by Crippen LogP contribution is 2.21. The predicted octanol–water partition coefficient (Wildman–Crippen LogP) is 0.845. The molecule has 1 atom stereocenters. The zero-order valence-corrected chi connectivity index (χ0v) is 12.8. The minimum absolute atomic E-state index is 0.0927. The molecule has 0 aliphatic rings. The standard InChI is InChI=1S/C12H17ClN6O2/c1-8(11-17-14-7-18(11)2)16-9-6-15-19(4-5-21-3)12(20)10(9)13/h6-8,16H,4-5H2,1-3H3. The van der Waals surface area contributed by atoms with Gasteiger partial charge >= 0.3 is 0 Å². The van der Waals surface area contributed by atoms with Crippen molar-refractivity contribution in [1.29, 1.82) is 0 Å². The van der Waals surface area contributed by atoms with Crippen LogP contribution in [0.3, 0.4) is 0 Å². The molecule has 2 aromatic rings. The summed E-state index contributed by atoms with van der Waals surface area (Å²) < 4.78 is 7.98. The number of hydrogen-bond donors (Lipinski definition) is 1. The summed E-state index contributed by atoms with van der Waals surface area (Å²) in [5.74, 6) is 0.731. The zero-order chi connectivity index (χ0) is 15.4. The van der Waals surface area contributed by atoms with Crippen LogP contribution < -0.4 is 10.9 Å². The minimum atomic E-state index is -0.358. The van der Waals surface area contributed by atoms with Crippen LogP contribution in [0.25, 0.3) is 0 Å². The summed E-state index contributed by atoms with van der Waals surface area (Å²) in [5, 5.41) is 15.1. The fourth-order valence-electron chi connectivity index (χ4n) is 1.88. The van der Waals surface area contributed by atoms with E-state index in [1.54, 1.807) is 18.0 Å². The van der Waals surface area contributed by atoms with Crippen LogP contribution in [0.4, 0.5) is 5.69 Å². The van der Waals surface area contributed by atoms with Crippen molar-refractivity contribution in [3.8, 4) is 0 Å². The van der Waals surface area contributed by atoms with Gasteiger partial charge in [0.1, 0.15) is 11.3 Å². The largest absolute Gasteiger partial charge is 0.383 e.